The third-order valence-corrected chi connectivity index (χ3v) is 5.09. The van der Waals surface area contributed by atoms with Gasteiger partial charge in [0, 0.05) is 48.2 Å². The maximum atomic E-state index is 12.7. The van der Waals surface area contributed by atoms with Crippen molar-refractivity contribution in [2.75, 3.05) is 33.3 Å². The maximum Gasteiger partial charge on any atom is 0.270 e. The minimum Gasteiger partial charge on any atom is -0.396 e. The number of aliphatic hydroxyl groups is 1. The number of hydrogen-bond donors (Lipinski definition) is 2. The van der Waals surface area contributed by atoms with Crippen molar-refractivity contribution in [2.24, 2.45) is 0 Å². The van der Waals surface area contributed by atoms with Gasteiger partial charge in [-0.1, -0.05) is 11.6 Å². The number of aliphatic hydroxyl groups excluding tert-OH is 1. The summed E-state index contributed by atoms with van der Waals surface area (Å²) in [4.78, 5) is 20.1. The highest BCUT2D eigenvalue weighted by Gasteiger charge is 2.26. The number of carbonyl (C=O) groups excluding carboxylic acids is 1. The summed E-state index contributed by atoms with van der Waals surface area (Å²) < 4.78 is 0. The van der Waals surface area contributed by atoms with E-state index >= 15 is 0 Å². The standard InChI is InChI=1S/C18H24ClN3O2/c1-21(7-2-10-23)15-5-8-22(9-6-15)18(24)17-12-13-11-14(19)3-4-16(13)20-17/h3-4,11-12,15,20,23H,2,5-10H2,1H3. The van der Waals surface area contributed by atoms with Gasteiger partial charge in [-0.25, -0.2) is 0 Å². The number of aromatic amines is 1. The lowest BCUT2D eigenvalue weighted by atomic mass is 10.0. The number of H-pyrrole nitrogens is 1. The van der Waals surface area contributed by atoms with Gasteiger partial charge in [-0.15, -0.1) is 0 Å². The van der Waals surface area contributed by atoms with Crippen LogP contribution in [0.25, 0.3) is 10.9 Å². The molecule has 0 unspecified atom stereocenters. The summed E-state index contributed by atoms with van der Waals surface area (Å²) in [6.45, 7) is 2.66. The molecule has 1 aromatic heterocycles. The molecule has 1 amide bonds. The SMILES string of the molecule is CN(CCCO)C1CCN(C(=O)c2cc3cc(Cl)ccc3[nH]2)CC1. The second-order valence-corrected chi connectivity index (χ2v) is 6.93. The number of benzene rings is 1. The summed E-state index contributed by atoms with van der Waals surface area (Å²) >= 11 is 6.01. The van der Waals surface area contributed by atoms with Crippen LogP contribution in [0, 0.1) is 0 Å². The Morgan fingerprint density at radius 2 is 2.12 bits per heavy atom. The third-order valence-electron chi connectivity index (χ3n) is 4.86. The van der Waals surface area contributed by atoms with Crippen LogP contribution in [-0.4, -0.2) is 65.1 Å². The lowest BCUT2D eigenvalue weighted by Crippen LogP contribution is -2.45. The van der Waals surface area contributed by atoms with E-state index in [2.05, 4.69) is 16.9 Å². The Morgan fingerprint density at radius 1 is 1.38 bits per heavy atom. The fraction of sp³-hybridized carbons (Fsp3) is 0.500. The van der Waals surface area contributed by atoms with Gasteiger partial charge in [-0.05, 0) is 50.6 Å². The minimum atomic E-state index is 0.0544. The van der Waals surface area contributed by atoms with E-state index in [0.717, 1.165) is 49.8 Å². The van der Waals surface area contributed by atoms with Gasteiger partial charge >= 0.3 is 0 Å². The maximum absolute atomic E-state index is 12.7. The second-order valence-electron chi connectivity index (χ2n) is 6.50. The van der Waals surface area contributed by atoms with Gasteiger partial charge in [-0.3, -0.25) is 4.79 Å². The summed E-state index contributed by atoms with van der Waals surface area (Å²) in [5.41, 5.74) is 1.56. The van der Waals surface area contributed by atoms with Crippen LogP contribution in [0.4, 0.5) is 0 Å². The molecule has 1 saturated heterocycles. The minimum absolute atomic E-state index is 0.0544. The molecule has 130 valence electrons. The zero-order chi connectivity index (χ0) is 17.1. The van der Waals surface area contributed by atoms with Crippen molar-refractivity contribution in [1.29, 1.82) is 0 Å². The number of halogens is 1. The van der Waals surface area contributed by atoms with Crippen molar-refractivity contribution in [3.05, 3.63) is 35.0 Å². The Balaban J connectivity index is 1.62. The summed E-state index contributed by atoms with van der Waals surface area (Å²) in [7, 11) is 2.10. The first-order valence-electron chi connectivity index (χ1n) is 8.47. The number of carbonyl (C=O) groups is 1. The molecule has 5 nitrogen and oxygen atoms in total. The number of nitrogens with zero attached hydrogens (tertiary/aromatic N) is 2. The van der Waals surface area contributed by atoms with Gasteiger partial charge in [0.15, 0.2) is 0 Å². The Labute approximate surface area is 147 Å². The highest BCUT2D eigenvalue weighted by atomic mass is 35.5. The predicted molar refractivity (Wildman–Crippen MR) is 96.6 cm³/mol. The monoisotopic (exact) mass is 349 g/mol. The van der Waals surface area contributed by atoms with Gasteiger partial charge in [0.2, 0.25) is 0 Å². The number of piperidine rings is 1. The predicted octanol–water partition coefficient (Wildman–Crippen LogP) is 2.74. The molecule has 1 aliphatic heterocycles. The molecule has 24 heavy (non-hydrogen) atoms. The molecule has 0 bridgehead atoms. The van der Waals surface area contributed by atoms with Crippen LogP contribution < -0.4 is 0 Å². The molecule has 1 aromatic carbocycles. The molecular formula is C18H24ClN3O2. The highest BCUT2D eigenvalue weighted by Crippen LogP contribution is 2.22. The Hall–Kier alpha value is -1.56. The Kier molecular flexibility index (Phi) is 5.43. The number of amides is 1. The Bertz CT molecular complexity index is 707. The zero-order valence-corrected chi connectivity index (χ0v) is 14.7. The van der Waals surface area contributed by atoms with Crippen molar-refractivity contribution < 1.29 is 9.90 Å². The first-order valence-corrected chi connectivity index (χ1v) is 8.85. The molecule has 0 saturated carbocycles. The van der Waals surface area contributed by atoms with Crippen molar-refractivity contribution in [2.45, 2.75) is 25.3 Å². The summed E-state index contributed by atoms with van der Waals surface area (Å²) in [6, 6.07) is 7.96. The van der Waals surface area contributed by atoms with E-state index in [9.17, 15) is 4.79 Å². The van der Waals surface area contributed by atoms with Crippen LogP contribution in [0.15, 0.2) is 24.3 Å². The molecule has 1 fully saturated rings. The highest BCUT2D eigenvalue weighted by molar-refractivity contribution is 6.31. The van der Waals surface area contributed by atoms with E-state index in [4.69, 9.17) is 16.7 Å². The van der Waals surface area contributed by atoms with E-state index in [0.29, 0.717) is 16.8 Å². The molecule has 0 spiro atoms. The lowest BCUT2D eigenvalue weighted by molar-refractivity contribution is 0.0636. The molecule has 0 atom stereocenters. The van der Waals surface area contributed by atoms with Crippen LogP contribution in [-0.2, 0) is 0 Å². The van der Waals surface area contributed by atoms with Gasteiger partial charge in [0.05, 0.1) is 0 Å². The number of rotatable bonds is 5. The second kappa shape index (κ2) is 7.55. The summed E-state index contributed by atoms with van der Waals surface area (Å²) in [6.07, 6.45) is 2.74. The van der Waals surface area contributed by atoms with Crippen LogP contribution in [0.3, 0.4) is 0 Å². The fourth-order valence-corrected chi connectivity index (χ4v) is 3.58. The lowest BCUT2D eigenvalue weighted by Gasteiger charge is -2.36. The first-order chi connectivity index (χ1) is 11.6. The molecule has 2 heterocycles. The van der Waals surface area contributed by atoms with Gasteiger partial charge in [-0.2, -0.15) is 0 Å². The van der Waals surface area contributed by atoms with Crippen LogP contribution in [0.1, 0.15) is 29.8 Å². The van der Waals surface area contributed by atoms with Crippen molar-refractivity contribution >= 4 is 28.4 Å². The average molecular weight is 350 g/mol. The number of aromatic nitrogens is 1. The zero-order valence-electron chi connectivity index (χ0n) is 14.0. The van der Waals surface area contributed by atoms with E-state index < -0.39 is 0 Å². The molecule has 6 heteroatoms. The fourth-order valence-electron chi connectivity index (χ4n) is 3.40. The molecule has 3 rings (SSSR count). The number of likely N-dealkylation sites (tertiary alicyclic amines) is 1. The van der Waals surface area contributed by atoms with Crippen molar-refractivity contribution in [1.82, 2.24) is 14.8 Å². The first kappa shape index (κ1) is 17.3. The quantitative estimate of drug-likeness (QED) is 0.872. The molecule has 0 radical (unpaired) electrons. The molecule has 0 aliphatic carbocycles. The van der Waals surface area contributed by atoms with Gasteiger partial charge in [0.1, 0.15) is 5.69 Å². The smallest absolute Gasteiger partial charge is 0.270 e. The van der Waals surface area contributed by atoms with Crippen molar-refractivity contribution in [3.63, 3.8) is 0 Å². The molecule has 2 N–H and O–H groups in total. The van der Waals surface area contributed by atoms with E-state index in [1.165, 1.54) is 0 Å². The third kappa shape index (κ3) is 3.74. The summed E-state index contributed by atoms with van der Waals surface area (Å²) in [5.74, 6) is 0.0544. The number of hydrogen-bond acceptors (Lipinski definition) is 3. The Morgan fingerprint density at radius 3 is 2.83 bits per heavy atom. The summed E-state index contributed by atoms with van der Waals surface area (Å²) in [5, 5.41) is 10.6. The van der Waals surface area contributed by atoms with Crippen LogP contribution >= 0.6 is 11.6 Å². The molecular weight excluding hydrogens is 326 g/mol. The molecule has 2 aromatic rings. The number of nitrogens with one attached hydrogen (secondary N) is 1. The molecule has 1 aliphatic rings. The van der Waals surface area contributed by atoms with Crippen molar-refractivity contribution in [3.8, 4) is 0 Å². The van der Waals surface area contributed by atoms with E-state index in [1.807, 2.05) is 29.2 Å². The van der Waals surface area contributed by atoms with Crippen LogP contribution in [0.5, 0.6) is 0 Å². The van der Waals surface area contributed by atoms with Crippen LogP contribution in [0.2, 0.25) is 5.02 Å². The average Bonchev–Trinajstić information content (AvgIpc) is 3.02. The van der Waals surface area contributed by atoms with E-state index in [-0.39, 0.29) is 12.5 Å². The van der Waals surface area contributed by atoms with Gasteiger partial charge in [0.25, 0.3) is 5.91 Å². The topological polar surface area (TPSA) is 59.6 Å². The largest absolute Gasteiger partial charge is 0.396 e. The van der Waals surface area contributed by atoms with E-state index in [1.54, 1.807) is 0 Å². The van der Waals surface area contributed by atoms with Gasteiger partial charge < -0.3 is 19.9 Å². The number of fused-ring (bicyclic) bond motifs is 1. The normalized spacial score (nSPS) is 16.2.